The third-order valence-electron chi connectivity index (χ3n) is 2.53. The van der Waals surface area contributed by atoms with Crippen LogP contribution in [0.4, 0.5) is 10.5 Å². The minimum Gasteiger partial charge on any atom is -0.481 e. The van der Waals surface area contributed by atoms with Crippen molar-refractivity contribution in [1.82, 2.24) is 15.4 Å². The molecule has 0 aliphatic carbocycles. The lowest BCUT2D eigenvalue weighted by Gasteiger charge is -2.20. The molecule has 0 saturated heterocycles. The van der Waals surface area contributed by atoms with E-state index in [1.807, 2.05) is 0 Å². The number of anilines is 1. The minimum atomic E-state index is -0.585. The number of rotatable bonds is 3. The van der Waals surface area contributed by atoms with Crippen LogP contribution in [-0.2, 0) is 4.74 Å². The van der Waals surface area contributed by atoms with Gasteiger partial charge in [0.1, 0.15) is 11.1 Å². The summed E-state index contributed by atoms with van der Waals surface area (Å²) >= 11 is 3.44. The monoisotopic (exact) mass is 368 g/mol. The van der Waals surface area contributed by atoms with Crippen LogP contribution in [0.2, 0.25) is 0 Å². The fourth-order valence-corrected chi connectivity index (χ4v) is 2.13. The maximum atomic E-state index is 11.6. The molecule has 0 unspecified atom stereocenters. The number of aromatic nitrogens is 2. The second kappa shape index (κ2) is 6.35. The first-order valence-corrected chi connectivity index (χ1v) is 7.34. The van der Waals surface area contributed by atoms with Gasteiger partial charge in [0, 0.05) is 6.07 Å². The van der Waals surface area contributed by atoms with Gasteiger partial charge in [-0.1, -0.05) is 0 Å². The van der Waals surface area contributed by atoms with E-state index >= 15 is 0 Å². The average Bonchev–Trinajstić information content (AvgIpc) is 2.44. The molecule has 7 nitrogen and oxygen atoms in total. The molecule has 118 valence electrons. The van der Waals surface area contributed by atoms with E-state index in [0.717, 1.165) is 0 Å². The molecule has 0 aliphatic rings. The molecule has 0 saturated carbocycles. The van der Waals surface area contributed by atoms with E-state index in [9.17, 15) is 4.79 Å². The first-order valence-electron chi connectivity index (χ1n) is 6.54. The average molecular weight is 369 g/mol. The van der Waals surface area contributed by atoms with Gasteiger partial charge >= 0.3 is 6.09 Å². The Morgan fingerprint density at radius 1 is 1.32 bits per heavy atom. The number of carbonyl (C=O) groups is 1. The molecule has 0 fully saturated rings. The van der Waals surface area contributed by atoms with Crippen LogP contribution in [0.5, 0.6) is 5.88 Å². The van der Waals surface area contributed by atoms with Gasteiger partial charge in [-0.25, -0.2) is 15.2 Å². The third kappa shape index (κ3) is 3.97. The van der Waals surface area contributed by atoms with Gasteiger partial charge in [-0.2, -0.15) is 0 Å². The number of fused-ring (bicyclic) bond motifs is 1. The summed E-state index contributed by atoms with van der Waals surface area (Å²) in [6, 6.07) is 3.53. The Morgan fingerprint density at radius 2 is 2.05 bits per heavy atom. The molecular weight excluding hydrogens is 352 g/mol. The van der Waals surface area contributed by atoms with Gasteiger partial charge in [0.2, 0.25) is 5.88 Å². The van der Waals surface area contributed by atoms with E-state index in [4.69, 9.17) is 9.47 Å². The van der Waals surface area contributed by atoms with Gasteiger partial charge < -0.3 is 9.47 Å². The molecular formula is C14H17BrN4O3. The molecule has 1 amide bonds. The normalized spacial score (nSPS) is 11.1. The Hall–Kier alpha value is -2.09. The summed E-state index contributed by atoms with van der Waals surface area (Å²) in [6.45, 7) is 5.36. The summed E-state index contributed by atoms with van der Waals surface area (Å²) in [4.78, 5) is 20.2. The highest BCUT2D eigenvalue weighted by atomic mass is 79.9. The molecule has 2 heterocycles. The van der Waals surface area contributed by atoms with E-state index in [0.29, 0.717) is 27.1 Å². The van der Waals surface area contributed by atoms with Crippen LogP contribution >= 0.6 is 15.9 Å². The van der Waals surface area contributed by atoms with Crippen LogP contribution in [0.15, 0.2) is 22.8 Å². The number of nitrogens with zero attached hydrogens (tertiary/aromatic N) is 2. The molecule has 2 rings (SSSR count). The van der Waals surface area contributed by atoms with Crippen molar-refractivity contribution in [2.24, 2.45) is 0 Å². The molecule has 0 atom stereocenters. The number of pyridine rings is 2. The maximum absolute atomic E-state index is 11.6. The summed E-state index contributed by atoms with van der Waals surface area (Å²) in [5.74, 6) is 0.479. The summed E-state index contributed by atoms with van der Waals surface area (Å²) in [5, 5.41) is 0. The van der Waals surface area contributed by atoms with Gasteiger partial charge in [0.15, 0.2) is 0 Å². The quantitative estimate of drug-likeness (QED) is 0.808. The van der Waals surface area contributed by atoms with Crippen molar-refractivity contribution < 1.29 is 14.3 Å². The molecule has 22 heavy (non-hydrogen) atoms. The van der Waals surface area contributed by atoms with Crippen molar-refractivity contribution in [2.45, 2.75) is 26.4 Å². The highest BCUT2D eigenvalue weighted by Gasteiger charge is 2.16. The van der Waals surface area contributed by atoms with Crippen molar-refractivity contribution in [2.75, 3.05) is 12.5 Å². The van der Waals surface area contributed by atoms with Gasteiger partial charge in [0.05, 0.1) is 29.0 Å². The van der Waals surface area contributed by atoms with Crippen LogP contribution in [-0.4, -0.2) is 28.8 Å². The number of nitrogens with one attached hydrogen (secondary N) is 2. The van der Waals surface area contributed by atoms with Crippen molar-refractivity contribution in [1.29, 1.82) is 0 Å². The highest BCUT2D eigenvalue weighted by Crippen LogP contribution is 2.29. The molecule has 0 radical (unpaired) electrons. The largest absolute Gasteiger partial charge is 0.481 e. The van der Waals surface area contributed by atoms with Crippen molar-refractivity contribution in [3.8, 4) is 5.88 Å². The first-order chi connectivity index (χ1) is 10.3. The molecule has 2 aromatic rings. The number of methoxy groups -OCH3 is 1. The van der Waals surface area contributed by atoms with Gasteiger partial charge in [-0.05, 0) is 42.8 Å². The highest BCUT2D eigenvalue weighted by molar-refractivity contribution is 9.10. The Bertz CT molecular complexity index is 700. The van der Waals surface area contributed by atoms with Crippen LogP contribution in [0.25, 0.3) is 11.0 Å². The number of amides is 1. The van der Waals surface area contributed by atoms with Crippen LogP contribution < -0.4 is 15.6 Å². The number of hydrazine groups is 1. The fraction of sp³-hybridized carbons (Fsp3) is 0.357. The van der Waals surface area contributed by atoms with Crippen LogP contribution in [0, 0.1) is 0 Å². The van der Waals surface area contributed by atoms with E-state index in [1.165, 1.54) is 0 Å². The first kappa shape index (κ1) is 16.3. The van der Waals surface area contributed by atoms with Gasteiger partial charge in [0.25, 0.3) is 0 Å². The van der Waals surface area contributed by atoms with E-state index in [1.54, 1.807) is 46.2 Å². The topological polar surface area (TPSA) is 85.4 Å². The molecule has 0 bridgehead atoms. The third-order valence-corrected chi connectivity index (χ3v) is 3.34. The molecule has 0 aromatic carbocycles. The number of carbonyl (C=O) groups excluding carboxylic acids is 1. The molecule has 2 aromatic heterocycles. The second-order valence-electron chi connectivity index (χ2n) is 5.46. The van der Waals surface area contributed by atoms with Crippen LogP contribution in [0.1, 0.15) is 20.8 Å². The summed E-state index contributed by atoms with van der Waals surface area (Å²) in [7, 11) is 1.54. The zero-order valence-corrected chi connectivity index (χ0v) is 14.3. The van der Waals surface area contributed by atoms with Crippen molar-refractivity contribution in [3.05, 3.63) is 22.8 Å². The molecule has 8 heteroatoms. The van der Waals surface area contributed by atoms with Crippen LogP contribution in [0.3, 0.4) is 0 Å². The summed E-state index contributed by atoms with van der Waals surface area (Å²) in [5.41, 5.74) is 6.51. The molecule has 0 spiro atoms. The Labute approximate surface area is 136 Å². The lowest BCUT2D eigenvalue weighted by molar-refractivity contribution is 0.0541. The standard InChI is InChI=1S/C14H17BrN4O3/c1-14(2,3)22-13(20)19-18-9-7-16-8-5-6-10(21-4)17-12(8)11(9)15/h5-7,18H,1-4H3,(H,19,20). The lowest BCUT2D eigenvalue weighted by atomic mass is 10.2. The number of hydrogen-bond acceptors (Lipinski definition) is 6. The lowest BCUT2D eigenvalue weighted by Crippen LogP contribution is -2.35. The van der Waals surface area contributed by atoms with E-state index < -0.39 is 11.7 Å². The zero-order valence-electron chi connectivity index (χ0n) is 12.7. The van der Waals surface area contributed by atoms with E-state index in [-0.39, 0.29) is 0 Å². The maximum Gasteiger partial charge on any atom is 0.426 e. The minimum absolute atomic E-state index is 0.479. The summed E-state index contributed by atoms with van der Waals surface area (Å²) in [6.07, 6.45) is 0.996. The number of halogens is 1. The zero-order chi connectivity index (χ0) is 16.3. The second-order valence-corrected chi connectivity index (χ2v) is 6.25. The predicted octanol–water partition coefficient (Wildman–Crippen LogP) is 3.25. The predicted molar refractivity (Wildman–Crippen MR) is 86.8 cm³/mol. The summed E-state index contributed by atoms with van der Waals surface area (Å²) < 4.78 is 10.9. The van der Waals surface area contributed by atoms with Gasteiger partial charge in [-0.3, -0.25) is 10.4 Å². The Morgan fingerprint density at radius 3 is 2.68 bits per heavy atom. The van der Waals surface area contributed by atoms with Crippen molar-refractivity contribution in [3.63, 3.8) is 0 Å². The Kier molecular flexibility index (Phi) is 4.70. The number of ether oxygens (including phenoxy) is 2. The molecule has 0 aliphatic heterocycles. The van der Waals surface area contributed by atoms with Gasteiger partial charge in [-0.15, -0.1) is 0 Å². The van der Waals surface area contributed by atoms with E-state index in [2.05, 4.69) is 36.7 Å². The fourth-order valence-electron chi connectivity index (χ4n) is 1.64. The number of hydrogen-bond donors (Lipinski definition) is 2. The SMILES string of the molecule is COc1ccc2ncc(NNC(=O)OC(C)(C)C)c(Br)c2n1. The Balaban J connectivity index is 2.18. The smallest absolute Gasteiger partial charge is 0.426 e. The van der Waals surface area contributed by atoms with Crippen molar-refractivity contribution >= 4 is 38.7 Å². The molecule has 2 N–H and O–H groups in total.